The molecule has 136 valence electrons. The summed E-state index contributed by atoms with van der Waals surface area (Å²) in [6.45, 7) is 3.18. The number of aromatic amines is 1. The molecule has 3 N–H and O–H groups in total. The van der Waals surface area contributed by atoms with Gasteiger partial charge in [0.1, 0.15) is 5.82 Å². The van der Waals surface area contributed by atoms with Gasteiger partial charge in [-0.2, -0.15) is 15.0 Å². The van der Waals surface area contributed by atoms with Gasteiger partial charge in [0.05, 0.1) is 17.9 Å². The second-order valence-electron chi connectivity index (χ2n) is 6.06. The SMILES string of the molecule is C[C@@H](Sc1n[nH]c(=O)n1C[C@H]1CCCO1)c1nc(N)nc(N(C)C)n1. The Bertz CT molecular complexity index is 783. The minimum Gasteiger partial charge on any atom is -0.376 e. The number of H-pyrrole nitrogens is 1. The molecule has 0 aliphatic carbocycles. The Labute approximate surface area is 149 Å². The van der Waals surface area contributed by atoms with Crippen LogP contribution in [0.4, 0.5) is 11.9 Å². The van der Waals surface area contributed by atoms with E-state index in [1.54, 1.807) is 9.47 Å². The first-order valence-corrected chi connectivity index (χ1v) is 8.94. The van der Waals surface area contributed by atoms with Crippen LogP contribution in [0.2, 0.25) is 0 Å². The molecular formula is C14H22N8O2S. The van der Waals surface area contributed by atoms with E-state index in [0.29, 0.717) is 23.5 Å². The van der Waals surface area contributed by atoms with Crippen LogP contribution in [0.1, 0.15) is 30.8 Å². The van der Waals surface area contributed by atoms with Crippen LogP contribution in [0.5, 0.6) is 0 Å². The van der Waals surface area contributed by atoms with E-state index in [4.69, 9.17) is 10.5 Å². The molecule has 10 nitrogen and oxygen atoms in total. The minimum absolute atomic E-state index is 0.0538. The van der Waals surface area contributed by atoms with E-state index in [2.05, 4.69) is 25.1 Å². The molecule has 2 aromatic rings. The number of hydrogen-bond donors (Lipinski definition) is 2. The van der Waals surface area contributed by atoms with Gasteiger partial charge in [0.2, 0.25) is 11.9 Å². The molecule has 2 aromatic heterocycles. The summed E-state index contributed by atoms with van der Waals surface area (Å²) < 4.78 is 7.22. The molecular weight excluding hydrogens is 344 g/mol. The van der Waals surface area contributed by atoms with Crippen LogP contribution in [0, 0.1) is 0 Å². The van der Waals surface area contributed by atoms with Crippen LogP contribution in [-0.4, -0.2) is 56.5 Å². The maximum Gasteiger partial charge on any atom is 0.344 e. The van der Waals surface area contributed by atoms with Gasteiger partial charge >= 0.3 is 5.69 Å². The average molecular weight is 366 g/mol. The number of rotatable bonds is 6. The minimum atomic E-state index is -0.241. The largest absolute Gasteiger partial charge is 0.376 e. The number of anilines is 2. The molecule has 0 bridgehead atoms. The number of nitrogens with one attached hydrogen (secondary N) is 1. The van der Waals surface area contributed by atoms with Crippen molar-refractivity contribution in [2.45, 2.75) is 42.8 Å². The van der Waals surface area contributed by atoms with Gasteiger partial charge in [-0.25, -0.2) is 9.89 Å². The number of hydrogen-bond acceptors (Lipinski definition) is 9. The molecule has 3 rings (SSSR count). The van der Waals surface area contributed by atoms with E-state index >= 15 is 0 Å². The van der Waals surface area contributed by atoms with E-state index in [-0.39, 0.29) is 23.0 Å². The van der Waals surface area contributed by atoms with Crippen LogP contribution in [0.25, 0.3) is 0 Å². The highest BCUT2D eigenvalue weighted by Gasteiger charge is 2.22. The number of thioether (sulfide) groups is 1. The second-order valence-corrected chi connectivity index (χ2v) is 7.37. The fraction of sp³-hybridized carbons (Fsp3) is 0.643. The first-order valence-electron chi connectivity index (χ1n) is 8.06. The summed E-state index contributed by atoms with van der Waals surface area (Å²) in [6.07, 6.45) is 2.03. The molecule has 0 unspecified atom stereocenters. The highest BCUT2D eigenvalue weighted by Crippen LogP contribution is 2.32. The van der Waals surface area contributed by atoms with Crippen LogP contribution in [0.15, 0.2) is 9.95 Å². The highest BCUT2D eigenvalue weighted by molar-refractivity contribution is 7.99. The Hall–Kier alpha value is -2.14. The molecule has 3 heterocycles. The lowest BCUT2D eigenvalue weighted by Crippen LogP contribution is -2.25. The second kappa shape index (κ2) is 7.40. The Morgan fingerprint density at radius 3 is 2.92 bits per heavy atom. The van der Waals surface area contributed by atoms with Crippen LogP contribution in [-0.2, 0) is 11.3 Å². The maximum absolute atomic E-state index is 12.1. The molecule has 1 aliphatic heterocycles. The quantitative estimate of drug-likeness (QED) is 0.700. The third-order valence-electron chi connectivity index (χ3n) is 3.84. The zero-order chi connectivity index (χ0) is 18.0. The molecule has 11 heteroatoms. The van der Waals surface area contributed by atoms with Crippen molar-refractivity contribution in [3.63, 3.8) is 0 Å². The first-order chi connectivity index (χ1) is 11.9. The molecule has 0 spiro atoms. The monoisotopic (exact) mass is 366 g/mol. The number of ether oxygens (including phenoxy) is 1. The number of aromatic nitrogens is 6. The highest BCUT2D eigenvalue weighted by atomic mass is 32.2. The molecule has 25 heavy (non-hydrogen) atoms. The number of nitrogen functional groups attached to an aromatic ring is 1. The summed E-state index contributed by atoms with van der Waals surface area (Å²) in [5.74, 6) is 1.20. The van der Waals surface area contributed by atoms with Crippen molar-refractivity contribution in [1.82, 2.24) is 29.7 Å². The zero-order valence-corrected chi connectivity index (χ0v) is 15.3. The van der Waals surface area contributed by atoms with Crippen molar-refractivity contribution in [3.8, 4) is 0 Å². The average Bonchev–Trinajstić information content (AvgIpc) is 3.19. The third kappa shape index (κ3) is 4.10. The van der Waals surface area contributed by atoms with E-state index in [0.717, 1.165) is 19.4 Å². The lowest BCUT2D eigenvalue weighted by atomic mass is 10.2. The van der Waals surface area contributed by atoms with Crippen molar-refractivity contribution in [2.75, 3.05) is 31.3 Å². The molecule has 0 aromatic carbocycles. The van der Waals surface area contributed by atoms with Gasteiger partial charge in [-0.1, -0.05) is 11.8 Å². The molecule has 1 fully saturated rings. The van der Waals surface area contributed by atoms with E-state index < -0.39 is 0 Å². The number of nitrogens with two attached hydrogens (primary N) is 1. The van der Waals surface area contributed by atoms with E-state index in [9.17, 15) is 4.79 Å². The van der Waals surface area contributed by atoms with Gasteiger partial charge in [-0.15, -0.1) is 5.10 Å². The Balaban J connectivity index is 1.79. The fourth-order valence-corrected chi connectivity index (χ4v) is 3.45. The number of nitrogens with zero attached hydrogens (tertiary/aromatic N) is 6. The third-order valence-corrected chi connectivity index (χ3v) is 4.92. The molecule has 2 atom stereocenters. The van der Waals surface area contributed by atoms with Gasteiger partial charge in [-0.05, 0) is 19.8 Å². The molecule has 0 saturated carbocycles. The normalized spacial score (nSPS) is 18.4. The lowest BCUT2D eigenvalue weighted by Gasteiger charge is -2.15. The Kier molecular flexibility index (Phi) is 5.23. The van der Waals surface area contributed by atoms with Crippen LogP contribution >= 0.6 is 11.8 Å². The summed E-state index contributed by atoms with van der Waals surface area (Å²) in [4.78, 5) is 26.5. The molecule has 0 amide bonds. The smallest absolute Gasteiger partial charge is 0.344 e. The van der Waals surface area contributed by atoms with E-state index in [1.807, 2.05) is 21.0 Å². The summed E-state index contributed by atoms with van der Waals surface area (Å²) >= 11 is 1.39. The predicted octanol–water partition coefficient (Wildman–Crippen LogP) is 0.437. The molecule has 1 aliphatic rings. The topological polar surface area (TPSA) is 128 Å². The van der Waals surface area contributed by atoms with Gasteiger partial charge in [0, 0.05) is 20.7 Å². The maximum atomic E-state index is 12.1. The first kappa shape index (κ1) is 17.7. The van der Waals surface area contributed by atoms with Crippen molar-refractivity contribution in [2.24, 2.45) is 0 Å². The van der Waals surface area contributed by atoms with Gasteiger partial charge in [0.25, 0.3) is 0 Å². The van der Waals surface area contributed by atoms with Crippen molar-refractivity contribution in [1.29, 1.82) is 0 Å². The predicted molar refractivity (Wildman–Crippen MR) is 94.7 cm³/mol. The van der Waals surface area contributed by atoms with Crippen molar-refractivity contribution in [3.05, 3.63) is 16.3 Å². The lowest BCUT2D eigenvalue weighted by molar-refractivity contribution is 0.0941. The van der Waals surface area contributed by atoms with Crippen molar-refractivity contribution >= 4 is 23.7 Å². The van der Waals surface area contributed by atoms with Gasteiger partial charge < -0.3 is 15.4 Å². The standard InChI is InChI=1S/C14H22N8O2S/c1-8(10-16-11(15)18-12(17-10)21(2)3)25-14-20-19-13(23)22(14)7-9-5-4-6-24-9/h8-9H,4-7H2,1-3H3,(H,19,23)(H2,15,16,17,18)/t8-,9-/m1/s1. The van der Waals surface area contributed by atoms with Crippen molar-refractivity contribution < 1.29 is 4.74 Å². The van der Waals surface area contributed by atoms with Gasteiger partial charge in [-0.3, -0.25) is 4.57 Å². The summed E-state index contributed by atoms with van der Waals surface area (Å²) in [5, 5.41) is 7.06. The zero-order valence-electron chi connectivity index (χ0n) is 14.5. The van der Waals surface area contributed by atoms with Gasteiger partial charge in [0.15, 0.2) is 5.16 Å². The van der Waals surface area contributed by atoms with Crippen LogP contribution in [0.3, 0.4) is 0 Å². The Morgan fingerprint density at radius 2 is 2.24 bits per heavy atom. The molecule has 0 radical (unpaired) electrons. The van der Waals surface area contributed by atoms with E-state index in [1.165, 1.54) is 11.8 Å². The summed E-state index contributed by atoms with van der Waals surface area (Å²) in [7, 11) is 3.67. The Morgan fingerprint density at radius 1 is 1.44 bits per heavy atom. The molecule has 1 saturated heterocycles. The van der Waals surface area contributed by atoms with Crippen LogP contribution < -0.4 is 16.3 Å². The summed E-state index contributed by atoms with van der Waals surface area (Å²) in [6, 6.07) is 0. The summed E-state index contributed by atoms with van der Waals surface area (Å²) in [5.41, 5.74) is 5.54. The fourth-order valence-electron chi connectivity index (χ4n) is 2.54.